The second kappa shape index (κ2) is 7.44. The number of hydrogen-bond acceptors (Lipinski definition) is 3. The third kappa shape index (κ3) is 3.47. The van der Waals surface area contributed by atoms with Gasteiger partial charge in [-0.25, -0.2) is 0 Å². The van der Waals surface area contributed by atoms with E-state index in [0.29, 0.717) is 17.7 Å². The van der Waals surface area contributed by atoms with Crippen LogP contribution in [0.1, 0.15) is 35.8 Å². The molecule has 1 amide bonds. The summed E-state index contributed by atoms with van der Waals surface area (Å²) in [6, 6.07) is 14.8. The fourth-order valence-corrected chi connectivity index (χ4v) is 2.99. The topological polar surface area (TPSA) is 60.3 Å². The van der Waals surface area contributed by atoms with Crippen molar-refractivity contribution in [2.24, 2.45) is 7.05 Å². The molecule has 3 rings (SSSR count). The molecule has 1 heterocycles. The van der Waals surface area contributed by atoms with Gasteiger partial charge in [0.2, 0.25) is 5.43 Å². The van der Waals surface area contributed by atoms with E-state index in [1.54, 1.807) is 16.8 Å². The number of nitrogens with zero attached hydrogens (tertiary/aromatic N) is 1. The number of hydrogen-bond donors (Lipinski definition) is 1. The van der Waals surface area contributed by atoms with Gasteiger partial charge in [-0.05, 0) is 37.6 Å². The van der Waals surface area contributed by atoms with E-state index in [-0.39, 0.29) is 22.9 Å². The third-order valence-electron chi connectivity index (χ3n) is 4.36. The molecule has 0 bridgehead atoms. The van der Waals surface area contributed by atoms with Crippen molar-refractivity contribution in [3.8, 4) is 5.75 Å². The van der Waals surface area contributed by atoms with Crippen LogP contribution in [-0.2, 0) is 7.05 Å². The highest BCUT2D eigenvalue weighted by Crippen LogP contribution is 2.19. The Morgan fingerprint density at radius 3 is 2.62 bits per heavy atom. The van der Waals surface area contributed by atoms with Crippen molar-refractivity contribution in [1.29, 1.82) is 0 Å². The summed E-state index contributed by atoms with van der Waals surface area (Å²) in [5.41, 5.74) is 1.57. The predicted molar refractivity (Wildman–Crippen MR) is 103 cm³/mol. The molecule has 2 aromatic carbocycles. The average molecular weight is 350 g/mol. The minimum absolute atomic E-state index is 0.122. The van der Waals surface area contributed by atoms with Crippen molar-refractivity contribution in [1.82, 2.24) is 9.88 Å². The van der Waals surface area contributed by atoms with E-state index in [9.17, 15) is 9.59 Å². The fraction of sp³-hybridized carbons (Fsp3) is 0.238. The first-order valence-corrected chi connectivity index (χ1v) is 8.63. The molecule has 0 saturated carbocycles. The van der Waals surface area contributed by atoms with Crippen molar-refractivity contribution >= 4 is 16.8 Å². The number of benzene rings is 2. The number of fused-ring (bicyclic) bond motifs is 1. The van der Waals surface area contributed by atoms with Crippen LogP contribution in [0.5, 0.6) is 5.75 Å². The Morgan fingerprint density at radius 1 is 1.19 bits per heavy atom. The lowest BCUT2D eigenvalue weighted by Gasteiger charge is -2.15. The van der Waals surface area contributed by atoms with Gasteiger partial charge in [-0.3, -0.25) is 9.59 Å². The number of ether oxygens (including phenoxy) is 1. The Morgan fingerprint density at radius 2 is 1.92 bits per heavy atom. The Balaban J connectivity index is 1.97. The zero-order valence-corrected chi connectivity index (χ0v) is 15.2. The number of aromatic nitrogens is 1. The monoisotopic (exact) mass is 350 g/mol. The number of carbonyl (C=O) groups excluding carboxylic acids is 1. The molecule has 0 radical (unpaired) electrons. The average Bonchev–Trinajstić information content (AvgIpc) is 2.65. The maximum atomic E-state index is 12.9. The molecular weight excluding hydrogens is 328 g/mol. The molecule has 0 aliphatic carbocycles. The lowest BCUT2D eigenvalue weighted by molar-refractivity contribution is 0.0938. The van der Waals surface area contributed by atoms with Crippen molar-refractivity contribution in [3.63, 3.8) is 0 Å². The Kier molecular flexibility index (Phi) is 5.07. The van der Waals surface area contributed by atoms with E-state index in [2.05, 4.69) is 5.32 Å². The summed E-state index contributed by atoms with van der Waals surface area (Å²) in [5.74, 6) is 0.234. The highest BCUT2D eigenvalue weighted by atomic mass is 16.5. The van der Waals surface area contributed by atoms with Crippen LogP contribution in [0.2, 0.25) is 0 Å². The number of pyridine rings is 1. The SMILES string of the molecule is CCOc1ccc2c(c1)c(=O)c(C(=O)NC(C)c1ccccc1)cn2C. The zero-order chi connectivity index (χ0) is 18.7. The zero-order valence-electron chi connectivity index (χ0n) is 15.2. The molecule has 1 N–H and O–H groups in total. The van der Waals surface area contributed by atoms with Crippen LogP contribution in [0.25, 0.3) is 10.9 Å². The predicted octanol–water partition coefficient (Wildman–Crippen LogP) is 3.43. The molecule has 1 aromatic heterocycles. The Bertz CT molecular complexity index is 993. The first kappa shape index (κ1) is 17.7. The van der Waals surface area contributed by atoms with Gasteiger partial charge in [0.05, 0.1) is 23.6 Å². The summed E-state index contributed by atoms with van der Waals surface area (Å²) in [6.45, 7) is 4.30. The molecule has 26 heavy (non-hydrogen) atoms. The molecule has 0 saturated heterocycles. The van der Waals surface area contributed by atoms with Crippen molar-refractivity contribution in [3.05, 3.63) is 76.1 Å². The quantitative estimate of drug-likeness (QED) is 0.767. The van der Waals surface area contributed by atoms with Gasteiger partial charge in [-0.15, -0.1) is 0 Å². The van der Waals surface area contributed by atoms with Crippen LogP contribution >= 0.6 is 0 Å². The molecule has 0 aliphatic rings. The van der Waals surface area contributed by atoms with Gasteiger partial charge >= 0.3 is 0 Å². The summed E-state index contributed by atoms with van der Waals surface area (Å²) in [7, 11) is 1.82. The van der Waals surface area contributed by atoms with Crippen molar-refractivity contribution in [2.75, 3.05) is 6.61 Å². The van der Waals surface area contributed by atoms with Gasteiger partial charge in [0, 0.05) is 13.2 Å². The lowest BCUT2D eigenvalue weighted by atomic mass is 10.1. The van der Waals surface area contributed by atoms with E-state index in [1.165, 1.54) is 0 Å². The maximum absolute atomic E-state index is 12.9. The van der Waals surface area contributed by atoms with Gasteiger partial charge < -0.3 is 14.6 Å². The van der Waals surface area contributed by atoms with Crippen molar-refractivity contribution in [2.45, 2.75) is 19.9 Å². The van der Waals surface area contributed by atoms with Gasteiger partial charge in [0.15, 0.2) is 0 Å². The summed E-state index contributed by atoms with van der Waals surface area (Å²) in [4.78, 5) is 25.6. The maximum Gasteiger partial charge on any atom is 0.257 e. The second-order valence-electron chi connectivity index (χ2n) is 6.20. The first-order chi connectivity index (χ1) is 12.5. The van der Waals surface area contributed by atoms with E-state index < -0.39 is 0 Å². The van der Waals surface area contributed by atoms with Gasteiger partial charge in [0.25, 0.3) is 5.91 Å². The number of carbonyl (C=O) groups is 1. The lowest BCUT2D eigenvalue weighted by Crippen LogP contribution is -2.31. The van der Waals surface area contributed by atoms with Crippen molar-refractivity contribution < 1.29 is 9.53 Å². The van der Waals surface area contributed by atoms with Crippen LogP contribution in [0.4, 0.5) is 0 Å². The van der Waals surface area contributed by atoms with E-state index in [4.69, 9.17) is 4.74 Å². The molecule has 3 aromatic rings. The molecule has 134 valence electrons. The Labute approximate surface area is 152 Å². The summed E-state index contributed by atoms with van der Waals surface area (Å²) in [5, 5.41) is 3.37. The van der Waals surface area contributed by atoms with Crippen LogP contribution in [0.3, 0.4) is 0 Å². The third-order valence-corrected chi connectivity index (χ3v) is 4.36. The minimum Gasteiger partial charge on any atom is -0.494 e. The molecular formula is C21H22N2O3. The molecule has 1 atom stereocenters. The molecule has 0 aliphatic heterocycles. The van der Waals surface area contributed by atoms with Gasteiger partial charge in [-0.2, -0.15) is 0 Å². The summed E-state index contributed by atoms with van der Waals surface area (Å²) in [6.07, 6.45) is 1.58. The number of nitrogens with one attached hydrogen (secondary N) is 1. The van der Waals surface area contributed by atoms with E-state index >= 15 is 0 Å². The Hall–Kier alpha value is -3.08. The standard InChI is InChI=1S/C21H22N2O3/c1-4-26-16-10-11-19-17(12-16)20(24)18(13-23(19)3)21(25)22-14(2)15-8-6-5-7-9-15/h5-14H,4H2,1-3H3,(H,22,25). The molecule has 0 spiro atoms. The molecule has 1 unspecified atom stereocenters. The van der Waals surface area contributed by atoms with Crippen LogP contribution in [0.15, 0.2) is 59.5 Å². The molecule has 0 fully saturated rings. The largest absolute Gasteiger partial charge is 0.494 e. The fourth-order valence-electron chi connectivity index (χ4n) is 2.99. The van der Waals surface area contributed by atoms with Gasteiger partial charge in [0.1, 0.15) is 11.3 Å². The summed E-state index contributed by atoms with van der Waals surface area (Å²) >= 11 is 0. The van der Waals surface area contributed by atoms with E-state index in [1.807, 2.05) is 63.4 Å². The van der Waals surface area contributed by atoms with Crippen LogP contribution < -0.4 is 15.5 Å². The number of amides is 1. The smallest absolute Gasteiger partial charge is 0.257 e. The second-order valence-corrected chi connectivity index (χ2v) is 6.20. The van der Waals surface area contributed by atoms with Crippen LogP contribution in [0, 0.1) is 0 Å². The van der Waals surface area contributed by atoms with E-state index in [0.717, 1.165) is 11.1 Å². The number of rotatable bonds is 5. The number of aryl methyl sites for hydroxylation is 1. The van der Waals surface area contributed by atoms with Gasteiger partial charge in [-0.1, -0.05) is 30.3 Å². The minimum atomic E-state index is -0.384. The first-order valence-electron chi connectivity index (χ1n) is 8.63. The highest BCUT2D eigenvalue weighted by Gasteiger charge is 2.17. The molecule has 5 heteroatoms. The normalized spacial score (nSPS) is 12.0. The summed E-state index contributed by atoms with van der Waals surface area (Å²) < 4.78 is 7.27. The molecule has 5 nitrogen and oxygen atoms in total. The highest BCUT2D eigenvalue weighted by molar-refractivity contribution is 5.97. The van der Waals surface area contributed by atoms with Crippen LogP contribution in [-0.4, -0.2) is 17.1 Å².